The van der Waals surface area contributed by atoms with Crippen LogP contribution in [-0.4, -0.2) is 48.2 Å². The summed E-state index contributed by atoms with van der Waals surface area (Å²) in [4.78, 5) is 14.6. The van der Waals surface area contributed by atoms with Crippen LogP contribution >= 0.6 is 0 Å². The Hall–Kier alpha value is -0.610. The van der Waals surface area contributed by atoms with E-state index < -0.39 is 0 Å². The van der Waals surface area contributed by atoms with Crippen molar-refractivity contribution >= 4 is 5.91 Å². The summed E-state index contributed by atoms with van der Waals surface area (Å²) in [6.07, 6.45) is 0. The lowest BCUT2D eigenvalue weighted by Crippen LogP contribution is -2.60. The average Bonchev–Trinajstić information content (AvgIpc) is 2.58. The maximum Gasteiger partial charge on any atom is 0.227 e. The summed E-state index contributed by atoms with van der Waals surface area (Å²) in [5.74, 6) is 0.859. The first-order chi connectivity index (χ1) is 8.20. The molecule has 0 aromatic carbocycles. The number of hydrogen-bond acceptors (Lipinski definition) is 3. The van der Waals surface area contributed by atoms with Crippen LogP contribution in [0.3, 0.4) is 0 Å². The predicted molar refractivity (Wildman–Crippen MR) is 71.3 cm³/mol. The van der Waals surface area contributed by atoms with Gasteiger partial charge in [-0.1, -0.05) is 6.92 Å². The van der Waals surface area contributed by atoms with Crippen molar-refractivity contribution in [3.63, 3.8) is 0 Å². The van der Waals surface area contributed by atoms with Crippen molar-refractivity contribution in [2.24, 2.45) is 11.8 Å². The summed E-state index contributed by atoms with van der Waals surface area (Å²) < 4.78 is 6.02. The summed E-state index contributed by atoms with van der Waals surface area (Å²) in [5, 5.41) is 3.30. The molecule has 0 aromatic rings. The quantitative estimate of drug-likeness (QED) is 0.766. The highest BCUT2D eigenvalue weighted by Gasteiger charge is 2.42. The minimum atomic E-state index is -0.257. The summed E-state index contributed by atoms with van der Waals surface area (Å²) in [6, 6.07) is 0. The molecule has 2 aliphatic heterocycles. The summed E-state index contributed by atoms with van der Waals surface area (Å²) in [5.41, 5.74) is -0.515. The van der Waals surface area contributed by atoms with Gasteiger partial charge in [0.2, 0.25) is 5.91 Å². The van der Waals surface area contributed by atoms with Gasteiger partial charge in [-0.2, -0.15) is 0 Å². The largest absolute Gasteiger partial charge is 0.366 e. The van der Waals surface area contributed by atoms with Crippen LogP contribution in [0.15, 0.2) is 0 Å². The highest BCUT2D eigenvalue weighted by atomic mass is 16.5. The maximum absolute atomic E-state index is 12.6. The molecule has 0 aromatic heterocycles. The van der Waals surface area contributed by atoms with Gasteiger partial charge in [0.1, 0.15) is 0 Å². The van der Waals surface area contributed by atoms with Crippen molar-refractivity contribution in [1.82, 2.24) is 10.2 Å². The minimum absolute atomic E-state index is 0.134. The van der Waals surface area contributed by atoms with E-state index in [1.54, 1.807) is 0 Å². The van der Waals surface area contributed by atoms with Crippen molar-refractivity contribution < 1.29 is 9.53 Å². The van der Waals surface area contributed by atoms with E-state index in [0.717, 1.165) is 13.1 Å². The van der Waals surface area contributed by atoms with Crippen molar-refractivity contribution in [3.05, 3.63) is 0 Å². The third-order valence-corrected chi connectivity index (χ3v) is 3.84. The number of morpholine rings is 1. The summed E-state index contributed by atoms with van der Waals surface area (Å²) in [7, 11) is 0. The molecule has 1 N–H and O–H groups in total. The molecule has 0 radical (unpaired) electrons. The molecule has 2 heterocycles. The van der Waals surface area contributed by atoms with E-state index in [0.29, 0.717) is 19.0 Å². The zero-order valence-corrected chi connectivity index (χ0v) is 12.2. The fraction of sp³-hybridized carbons (Fsp3) is 0.929. The Bertz CT molecular complexity index is 323. The predicted octanol–water partition coefficient (Wildman–Crippen LogP) is 1.26. The van der Waals surface area contributed by atoms with Crippen molar-refractivity contribution in [2.45, 2.75) is 45.8 Å². The highest BCUT2D eigenvalue weighted by molar-refractivity contribution is 5.80. The zero-order chi connectivity index (χ0) is 13.6. The molecule has 2 rings (SSSR count). The number of carbonyl (C=O) groups excluding carboxylic acids is 1. The van der Waals surface area contributed by atoms with Crippen LogP contribution in [0, 0.1) is 11.8 Å². The second-order valence-electron chi connectivity index (χ2n) is 7.06. The third kappa shape index (κ3) is 2.86. The average molecular weight is 254 g/mol. The molecule has 2 saturated heterocycles. The molecule has 18 heavy (non-hydrogen) atoms. The summed E-state index contributed by atoms with van der Waals surface area (Å²) in [6.45, 7) is 13.5. The van der Waals surface area contributed by atoms with Crippen LogP contribution in [0.25, 0.3) is 0 Å². The molecule has 1 amide bonds. The fourth-order valence-corrected chi connectivity index (χ4v) is 3.32. The third-order valence-electron chi connectivity index (χ3n) is 3.84. The highest BCUT2D eigenvalue weighted by Crippen LogP contribution is 2.30. The van der Waals surface area contributed by atoms with Gasteiger partial charge < -0.3 is 15.0 Å². The molecule has 2 fully saturated rings. The number of ether oxygens (including phenoxy) is 1. The van der Waals surface area contributed by atoms with Crippen LogP contribution < -0.4 is 5.32 Å². The first-order valence-corrected chi connectivity index (χ1v) is 6.90. The van der Waals surface area contributed by atoms with Gasteiger partial charge in [0, 0.05) is 19.6 Å². The van der Waals surface area contributed by atoms with Gasteiger partial charge in [0.15, 0.2) is 0 Å². The number of rotatable bonds is 1. The van der Waals surface area contributed by atoms with E-state index in [9.17, 15) is 4.79 Å². The second-order valence-corrected chi connectivity index (χ2v) is 7.06. The van der Waals surface area contributed by atoms with E-state index in [1.165, 1.54) is 0 Å². The maximum atomic E-state index is 12.6. The van der Waals surface area contributed by atoms with E-state index in [4.69, 9.17) is 4.74 Å². The SMILES string of the molecule is C[C@@H]1CNC[C@H]1C(=O)N1CC(C)(C)OC(C)(C)C1. The number of nitrogens with one attached hydrogen (secondary N) is 1. The molecule has 2 aliphatic rings. The molecule has 104 valence electrons. The minimum Gasteiger partial charge on any atom is -0.366 e. The van der Waals surface area contributed by atoms with E-state index in [-0.39, 0.29) is 23.0 Å². The Labute approximate surface area is 110 Å². The Morgan fingerprint density at radius 3 is 2.17 bits per heavy atom. The number of amides is 1. The number of carbonyl (C=O) groups is 1. The molecule has 0 unspecified atom stereocenters. The summed E-state index contributed by atoms with van der Waals surface area (Å²) >= 11 is 0. The van der Waals surface area contributed by atoms with E-state index in [2.05, 4.69) is 39.9 Å². The molecule has 4 heteroatoms. The fourth-order valence-electron chi connectivity index (χ4n) is 3.32. The van der Waals surface area contributed by atoms with Gasteiger partial charge in [-0.3, -0.25) is 4.79 Å². The second kappa shape index (κ2) is 4.49. The molecule has 0 aliphatic carbocycles. The Kier molecular flexibility index (Phi) is 3.45. The monoisotopic (exact) mass is 254 g/mol. The lowest BCUT2D eigenvalue weighted by Gasteiger charge is -2.47. The Balaban J connectivity index is 2.10. The van der Waals surface area contributed by atoms with Gasteiger partial charge in [0.25, 0.3) is 0 Å². The molecular formula is C14H26N2O2. The first-order valence-electron chi connectivity index (χ1n) is 6.90. The Morgan fingerprint density at radius 2 is 1.72 bits per heavy atom. The lowest BCUT2D eigenvalue weighted by molar-refractivity contribution is -0.190. The molecule has 0 saturated carbocycles. The molecular weight excluding hydrogens is 228 g/mol. The van der Waals surface area contributed by atoms with Gasteiger partial charge in [-0.25, -0.2) is 0 Å². The van der Waals surface area contributed by atoms with Gasteiger partial charge >= 0.3 is 0 Å². The van der Waals surface area contributed by atoms with E-state index >= 15 is 0 Å². The van der Waals surface area contributed by atoms with Crippen molar-refractivity contribution in [1.29, 1.82) is 0 Å². The van der Waals surface area contributed by atoms with Crippen molar-refractivity contribution in [3.8, 4) is 0 Å². The standard InChI is InChI=1S/C14H26N2O2/c1-10-6-15-7-11(10)12(17)16-8-13(2,3)18-14(4,5)9-16/h10-11,15H,6-9H2,1-5H3/t10-,11-/m1/s1. The van der Waals surface area contributed by atoms with Crippen LogP contribution in [0.2, 0.25) is 0 Å². The normalized spacial score (nSPS) is 34.6. The van der Waals surface area contributed by atoms with Gasteiger partial charge in [-0.15, -0.1) is 0 Å². The lowest BCUT2D eigenvalue weighted by atomic mass is 9.93. The van der Waals surface area contributed by atoms with E-state index in [1.807, 2.05) is 4.90 Å². The van der Waals surface area contributed by atoms with Crippen molar-refractivity contribution in [2.75, 3.05) is 26.2 Å². The Morgan fingerprint density at radius 1 is 1.17 bits per heavy atom. The van der Waals surface area contributed by atoms with Crippen LogP contribution in [-0.2, 0) is 9.53 Å². The number of hydrogen-bond donors (Lipinski definition) is 1. The van der Waals surface area contributed by atoms with Crippen LogP contribution in [0.4, 0.5) is 0 Å². The molecule has 0 spiro atoms. The smallest absolute Gasteiger partial charge is 0.227 e. The molecule has 2 atom stereocenters. The van der Waals surface area contributed by atoms with Gasteiger partial charge in [0.05, 0.1) is 17.1 Å². The van der Waals surface area contributed by atoms with Gasteiger partial charge in [-0.05, 0) is 40.2 Å². The first kappa shape index (κ1) is 13.8. The molecule has 4 nitrogen and oxygen atoms in total. The molecule has 0 bridgehead atoms. The topological polar surface area (TPSA) is 41.6 Å². The zero-order valence-electron chi connectivity index (χ0n) is 12.2. The number of nitrogens with zero attached hydrogens (tertiary/aromatic N) is 1. The van der Waals surface area contributed by atoms with Crippen LogP contribution in [0.5, 0.6) is 0 Å². The van der Waals surface area contributed by atoms with Crippen LogP contribution in [0.1, 0.15) is 34.6 Å².